The van der Waals surface area contributed by atoms with E-state index in [0.29, 0.717) is 17.0 Å². The minimum absolute atomic E-state index is 0.293. The van der Waals surface area contributed by atoms with Crippen LogP contribution in [0.2, 0.25) is 0 Å². The largest absolute Gasteiger partial charge is 0.481 e. The van der Waals surface area contributed by atoms with Crippen molar-refractivity contribution in [1.29, 1.82) is 5.26 Å². The summed E-state index contributed by atoms with van der Waals surface area (Å²) in [7, 11) is 0. The van der Waals surface area contributed by atoms with Crippen LogP contribution in [0.25, 0.3) is 0 Å². The highest BCUT2D eigenvalue weighted by molar-refractivity contribution is 5.93. The molecule has 1 amide bonds. The Balaban J connectivity index is 1.80. The minimum atomic E-state index is -0.691. The van der Waals surface area contributed by atoms with Crippen LogP contribution in [-0.4, -0.2) is 25.1 Å². The maximum Gasteiger partial charge on any atom is 0.344 e. The van der Waals surface area contributed by atoms with Crippen molar-refractivity contribution in [2.75, 3.05) is 18.5 Å². The van der Waals surface area contributed by atoms with Gasteiger partial charge >= 0.3 is 5.97 Å². The third kappa shape index (κ3) is 5.36. The van der Waals surface area contributed by atoms with E-state index in [1.54, 1.807) is 24.3 Å². The summed E-state index contributed by atoms with van der Waals surface area (Å²) in [5, 5.41) is 11.6. The van der Waals surface area contributed by atoms with E-state index < -0.39 is 18.5 Å². The van der Waals surface area contributed by atoms with Gasteiger partial charge in [0.15, 0.2) is 13.2 Å². The van der Waals surface area contributed by atoms with E-state index >= 15 is 0 Å². The van der Waals surface area contributed by atoms with Crippen LogP contribution in [0.15, 0.2) is 42.5 Å². The fourth-order valence-corrected chi connectivity index (χ4v) is 2.07. The van der Waals surface area contributed by atoms with Crippen molar-refractivity contribution < 1.29 is 19.1 Å². The number of aryl methyl sites for hydroxylation is 2. The molecule has 0 bridgehead atoms. The number of hydrogen-bond donors (Lipinski definition) is 1. The van der Waals surface area contributed by atoms with Crippen LogP contribution in [0, 0.1) is 25.2 Å². The van der Waals surface area contributed by atoms with Gasteiger partial charge in [0.1, 0.15) is 11.8 Å². The highest BCUT2D eigenvalue weighted by Gasteiger charge is 2.11. The van der Waals surface area contributed by atoms with Gasteiger partial charge in [-0.05, 0) is 43.2 Å². The molecule has 0 radical (unpaired) electrons. The molecular formula is C19H18N2O4. The zero-order valence-corrected chi connectivity index (χ0v) is 14.0. The molecule has 0 atom stereocenters. The number of hydrogen-bond acceptors (Lipinski definition) is 5. The van der Waals surface area contributed by atoms with Crippen LogP contribution >= 0.6 is 0 Å². The molecule has 0 aromatic heterocycles. The summed E-state index contributed by atoms with van der Waals surface area (Å²) in [5.74, 6) is -0.829. The molecule has 1 N–H and O–H groups in total. The van der Waals surface area contributed by atoms with Crippen LogP contribution in [0.5, 0.6) is 5.75 Å². The summed E-state index contributed by atoms with van der Waals surface area (Å²) in [6, 6.07) is 14.2. The number of nitrogens with one attached hydrogen (secondary N) is 1. The van der Waals surface area contributed by atoms with Gasteiger partial charge in [-0.25, -0.2) is 4.79 Å². The lowest BCUT2D eigenvalue weighted by Gasteiger charge is -2.10. The molecule has 6 heteroatoms. The Labute approximate surface area is 146 Å². The molecule has 0 spiro atoms. The summed E-state index contributed by atoms with van der Waals surface area (Å²) in [6.45, 7) is 3.01. The summed E-state index contributed by atoms with van der Waals surface area (Å²) in [5.41, 5.74) is 2.94. The van der Waals surface area contributed by atoms with E-state index in [1.807, 2.05) is 38.1 Å². The number of carbonyl (C=O) groups is 2. The molecule has 6 nitrogen and oxygen atoms in total. The van der Waals surface area contributed by atoms with Crippen LogP contribution in [0.1, 0.15) is 16.7 Å². The van der Waals surface area contributed by atoms with Crippen molar-refractivity contribution in [3.05, 3.63) is 59.2 Å². The molecule has 2 rings (SSSR count). The predicted molar refractivity (Wildman–Crippen MR) is 92.2 cm³/mol. The lowest BCUT2D eigenvalue weighted by Crippen LogP contribution is -2.24. The summed E-state index contributed by atoms with van der Waals surface area (Å²) in [6.07, 6.45) is 0. The van der Waals surface area contributed by atoms with Gasteiger partial charge in [-0.15, -0.1) is 0 Å². The Morgan fingerprint density at radius 1 is 1.12 bits per heavy atom. The maximum atomic E-state index is 11.9. The van der Waals surface area contributed by atoms with Gasteiger partial charge in [0.25, 0.3) is 5.91 Å². The zero-order valence-electron chi connectivity index (χ0n) is 14.0. The highest BCUT2D eigenvalue weighted by Crippen LogP contribution is 2.17. The number of para-hydroxylation sites is 1. The molecule has 0 fully saturated rings. The Kier molecular flexibility index (Phi) is 6.13. The average Bonchev–Trinajstić information content (AvgIpc) is 2.61. The van der Waals surface area contributed by atoms with Crippen molar-refractivity contribution in [3.8, 4) is 11.8 Å². The van der Waals surface area contributed by atoms with Crippen molar-refractivity contribution >= 4 is 17.6 Å². The second-order valence-electron chi connectivity index (χ2n) is 5.42. The lowest BCUT2D eigenvalue weighted by molar-refractivity contribution is -0.149. The SMILES string of the molecule is Cc1ccc(C)c(NC(=O)COC(=O)COc2ccccc2C#N)c1. The van der Waals surface area contributed by atoms with Crippen molar-refractivity contribution in [3.63, 3.8) is 0 Å². The first kappa shape index (κ1) is 18.0. The van der Waals surface area contributed by atoms with Crippen LogP contribution in [-0.2, 0) is 14.3 Å². The van der Waals surface area contributed by atoms with Gasteiger partial charge in [-0.1, -0.05) is 24.3 Å². The number of ether oxygens (including phenoxy) is 2. The van der Waals surface area contributed by atoms with E-state index in [2.05, 4.69) is 5.32 Å². The first-order chi connectivity index (χ1) is 12.0. The zero-order chi connectivity index (χ0) is 18.2. The fraction of sp³-hybridized carbons (Fsp3) is 0.211. The first-order valence-electron chi connectivity index (χ1n) is 7.64. The number of benzene rings is 2. The van der Waals surface area contributed by atoms with E-state index in [4.69, 9.17) is 14.7 Å². The minimum Gasteiger partial charge on any atom is -0.481 e. The summed E-state index contributed by atoms with van der Waals surface area (Å²) in [4.78, 5) is 23.6. The molecule has 0 heterocycles. The number of esters is 1. The molecular weight excluding hydrogens is 320 g/mol. The normalized spacial score (nSPS) is 9.80. The third-order valence-corrected chi connectivity index (χ3v) is 3.38. The van der Waals surface area contributed by atoms with Gasteiger partial charge in [-0.3, -0.25) is 4.79 Å². The molecule has 0 aliphatic rings. The molecule has 0 aliphatic heterocycles. The average molecular weight is 338 g/mol. The highest BCUT2D eigenvalue weighted by atomic mass is 16.6. The van der Waals surface area contributed by atoms with E-state index in [0.717, 1.165) is 11.1 Å². The van der Waals surface area contributed by atoms with Crippen molar-refractivity contribution in [1.82, 2.24) is 0 Å². The summed E-state index contributed by atoms with van der Waals surface area (Å²) < 4.78 is 10.1. The van der Waals surface area contributed by atoms with Crippen LogP contribution < -0.4 is 10.1 Å². The second kappa shape index (κ2) is 8.50. The summed E-state index contributed by atoms with van der Waals surface area (Å²) >= 11 is 0. The molecule has 2 aromatic carbocycles. The molecule has 25 heavy (non-hydrogen) atoms. The number of nitrogens with zero attached hydrogens (tertiary/aromatic N) is 1. The molecule has 0 aliphatic carbocycles. The van der Waals surface area contributed by atoms with Gasteiger partial charge in [0, 0.05) is 5.69 Å². The molecule has 128 valence electrons. The van der Waals surface area contributed by atoms with E-state index in [9.17, 15) is 9.59 Å². The number of anilines is 1. The quantitative estimate of drug-likeness (QED) is 0.818. The van der Waals surface area contributed by atoms with E-state index in [1.165, 1.54) is 0 Å². The van der Waals surface area contributed by atoms with Crippen molar-refractivity contribution in [2.45, 2.75) is 13.8 Å². The Morgan fingerprint density at radius 2 is 1.88 bits per heavy atom. The molecule has 0 unspecified atom stereocenters. The monoisotopic (exact) mass is 338 g/mol. The number of rotatable bonds is 6. The maximum absolute atomic E-state index is 11.9. The third-order valence-electron chi connectivity index (χ3n) is 3.38. The van der Waals surface area contributed by atoms with Crippen molar-refractivity contribution in [2.24, 2.45) is 0 Å². The number of carbonyl (C=O) groups excluding carboxylic acids is 2. The first-order valence-corrected chi connectivity index (χ1v) is 7.64. The van der Waals surface area contributed by atoms with E-state index in [-0.39, 0.29) is 6.61 Å². The molecule has 0 saturated carbocycles. The lowest BCUT2D eigenvalue weighted by atomic mass is 10.1. The smallest absolute Gasteiger partial charge is 0.344 e. The Morgan fingerprint density at radius 3 is 2.64 bits per heavy atom. The Bertz CT molecular complexity index is 824. The topological polar surface area (TPSA) is 88.4 Å². The van der Waals surface area contributed by atoms with Gasteiger partial charge in [0.05, 0.1) is 5.56 Å². The molecule has 2 aromatic rings. The number of amides is 1. The standard InChI is InChI=1S/C19H18N2O4/c1-13-7-8-14(2)16(9-13)21-18(22)11-25-19(23)12-24-17-6-4-3-5-15(17)10-20/h3-9H,11-12H2,1-2H3,(H,21,22). The van der Waals surface area contributed by atoms with Gasteiger partial charge in [-0.2, -0.15) is 5.26 Å². The van der Waals surface area contributed by atoms with Gasteiger partial charge in [0.2, 0.25) is 0 Å². The Hall–Kier alpha value is -3.33. The predicted octanol–water partition coefficient (Wildman–Crippen LogP) is 2.74. The van der Waals surface area contributed by atoms with Gasteiger partial charge < -0.3 is 14.8 Å². The fourth-order valence-electron chi connectivity index (χ4n) is 2.07. The second-order valence-corrected chi connectivity index (χ2v) is 5.42. The van der Waals surface area contributed by atoms with Crippen LogP contribution in [0.4, 0.5) is 5.69 Å². The number of nitriles is 1. The molecule has 0 saturated heterocycles. The van der Waals surface area contributed by atoms with Crippen LogP contribution in [0.3, 0.4) is 0 Å².